The number of anilines is 3. The molecule has 2 aliphatic heterocycles. The Morgan fingerprint density at radius 1 is 1.27 bits per heavy atom. The molecule has 7 N–H and O–H groups in total. The van der Waals surface area contributed by atoms with Crippen molar-refractivity contribution in [1.82, 2.24) is 4.72 Å². The van der Waals surface area contributed by atoms with E-state index in [0.717, 1.165) is 0 Å². The lowest BCUT2D eigenvalue weighted by Crippen LogP contribution is -2.55. The van der Waals surface area contributed by atoms with Gasteiger partial charge in [-0.3, -0.25) is 19.7 Å². The van der Waals surface area contributed by atoms with Gasteiger partial charge in [0.15, 0.2) is 12.2 Å². The number of aliphatic hydroxyl groups excluding tert-OH is 1. The molecule has 0 bridgehead atoms. The van der Waals surface area contributed by atoms with Crippen LogP contribution in [0.2, 0.25) is 0 Å². The third kappa shape index (κ3) is 4.80. The van der Waals surface area contributed by atoms with Crippen molar-refractivity contribution in [3.63, 3.8) is 0 Å². The third-order valence-electron chi connectivity index (χ3n) is 5.24. The Balaban J connectivity index is 1.46. The average Bonchev–Trinajstić information content (AvgIpc) is 2.78. The molecule has 13 heteroatoms. The zero-order chi connectivity index (χ0) is 23.8. The molecule has 0 radical (unpaired) electrons. The number of nitrogens with two attached hydrogens (primary N) is 1. The summed E-state index contributed by atoms with van der Waals surface area (Å²) < 4.78 is 33.4. The van der Waals surface area contributed by atoms with Crippen molar-refractivity contribution in [1.29, 1.82) is 5.41 Å². The number of hydrogen-bond acceptors (Lipinski definition) is 7. The standard InChI is InChI=1S/C20H22N6O6S/c21-18(22)11-1-3-13(4-2-11)24-19(28)16(27)17-20(29)26(7-8-32-17)14-5-6-15-12(9-14)10-23-33(30,31)25-15/h1-6,9,16-17,23,25,27H,7-8,10H2,(H3,21,22)(H,24,28)/t16?,17-/m1/s1. The Hall–Kier alpha value is -3.52. The SMILES string of the molecule is N=C(N)c1ccc(NC(=O)C(O)[C@H]2OCCN(c3ccc4c(c3)CNS(=O)(=O)N4)C2=O)cc1. The number of benzene rings is 2. The molecule has 33 heavy (non-hydrogen) atoms. The van der Waals surface area contributed by atoms with Crippen LogP contribution in [-0.2, 0) is 31.1 Å². The van der Waals surface area contributed by atoms with E-state index in [9.17, 15) is 23.1 Å². The number of ether oxygens (including phenoxy) is 1. The lowest BCUT2D eigenvalue weighted by Gasteiger charge is -2.34. The van der Waals surface area contributed by atoms with Gasteiger partial charge in [-0.1, -0.05) is 0 Å². The number of carbonyl (C=O) groups excluding carboxylic acids is 2. The lowest BCUT2D eigenvalue weighted by atomic mass is 10.1. The Kier molecular flexibility index (Phi) is 6.03. The number of rotatable bonds is 5. The summed E-state index contributed by atoms with van der Waals surface area (Å²) >= 11 is 0. The first-order valence-corrected chi connectivity index (χ1v) is 11.4. The zero-order valence-electron chi connectivity index (χ0n) is 17.2. The van der Waals surface area contributed by atoms with Crippen LogP contribution in [0.1, 0.15) is 11.1 Å². The molecule has 12 nitrogen and oxygen atoms in total. The van der Waals surface area contributed by atoms with Gasteiger partial charge >= 0.3 is 0 Å². The minimum Gasteiger partial charge on any atom is -0.384 e. The number of nitrogens with zero attached hydrogens (tertiary/aromatic N) is 1. The second-order valence-electron chi connectivity index (χ2n) is 7.47. The van der Waals surface area contributed by atoms with E-state index in [1.165, 1.54) is 17.0 Å². The van der Waals surface area contributed by atoms with Crippen molar-refractivity contribution in [2.75, 3.05) is 28.1 Å². The number of nitrogens with one attached hydrogen (secondary N) is 4. The van der Waals surface area contributed by atoms with E-state index < -0.39 is 34.2 Å². The van der Waals surface area contributed by atoms with Crippen LogP contribution in [0.25, 0.3) is 0 Å². The number of carbonyl (C=O) groups is 2. The molecule has 2 aromatic rings. The van der Waals surface area contributed by atoms with Crippen molar-refractivity contribution in [2.45, 2.75) is 18.8 Å². The highest BCUT2D eigenvalue weighted by molar-refractivity contribution is 7.90. The minimum absolute atomic E-state index is 0.0634. The molecule has 1 fully saturated rings. The van der Waals surface area contributed by atoms with Crippen molar-refractivity contribution in [3.8, 4) is 0 Å². The summed E-state index contributed by atoms with van der Waals surface area (Å²) in [5.74, 6) is -1.54. The molecule has 2 heterocycles. The first-order chi connectivity index (χ1) is 15.6. The second kappa shape index (κ2) is 8.78. The van der Waals surface area contributed by atoms with Crippen molar-refractivity contribution in [2.24, 2.45) is 5.73 Å². The van der Waals surface area contributed by atoms with Crippen molar-refractivity contribution < 1.29 is 27.9 Å². The number of nitrogen functional groups attached to an aromatic ring is 1. The van der Waals surface area contributed by atoms with Gasteiger partial charge < -0.3 is 25.8 Å². The average molecular weight is 474 g/mol. The van der Waals surface area contributed by atoms with Gasteiger partial charge in [0.05, 0.1) is 12.3 Å². The van der Waals surface area contributed by atoms with Gasteiger partial charge in [0, 0.05) is 30.0 Å². The Labute approximate surface area is 189 Å². The largest absolute Gasteiger partial charge is 0.384 e. The molecule has 174 valence electrons. The molecule has 4 rings (SSSR count). The maximum Gasteiger partial charge on any atom is 0.299 e. The van der Waals surface area contributed by atoms with E-state index in [4.69, 9.17) is 15.9 Å². The number of hydrogen-bond donors (Lipinski definition) is 6. The summed E-state index contributed by atoms with van der Waals surface area (Å²) in [6.45, 7) is 0.359. The quantitative estimate of drug-likeness (QED) is 0.248. The van der Waals surface area contributed by atoms with Gasteiger partial charge in [-0.15, -0.1) is 0 Å². The first kappa shape index (κ1) is 22.7. The highest BCUT2D eigenvalue weighted by Crippen LogP contribution is 2.28. The fourth-order valence-corrected chi connectivity index (χ4v) is 4.43. The highest BCUT2D eigenvalue weighted by atomic mass is 32.2. The van der Waals surface area contributed by atoms with E-state index in [1.54, 1.807) is 30.3 Å². The second-order valence-corrected chi connectivity index (χ2v) is 8.97. The summed E-state index contributed by atoms with van der Waals surface area (Å²) in [6.07, 6.45) is -3.18. The highest BCUT2D eigenvalue weighted by Gasteiger charge is 2.39. The number of aliphatic hydroxyl groups is 1. The maximum atomic E-state index is 13.0. The first-order valence-electron chi connectivity index (χ1n) is 9.91. The van der Waals surface area contributed by atoms with Crippen molar-refractivity contribution in [3.05, 3.63) is 53.6 Å². The van der Waals surface area contributed by atoms with Crippen LogP contribution in [0.5, 0.6) is 0 Å². The van der Waals surface area contributed by atoms with Gasteiger partial charge in [-0.25, -0.2) is 0 Å². The molecule has 0 aliphatic carbocycles. The van der Waals surface area contributed by atoms with Crippen LogP contribution in [-0.4, -0.2) is 56.5 Å². The summed E-state index contributed by atoms with van der Waals surface area (Å²) in [6, 6.07) is 10.9. The topological polar surface area (TPSA) is 187 Å². The van der Waals surface area contributed by atoms with Crippen LogP contribution in [0.3, 0.4) is 0 Å². The van der Waals surface area contributed by atoms with Crippen LogP contribution >= 0.6 is 0 Å². The van der Waals surface area contributed by atoms with E-state index in [2.05, 4.69) is 14.8 Å². The predicted molar refractivity (Wildman–Crippen MR) is 120 cm³/mol. The summed E-state index contributed by atoms with van der Waals surface area (Å²) in [5, 5.41) is 20.4. The van der Waals surface area contributed by atoms with Gasteiger partial charge in [-0.2, -0.15) is 13.1 Å². The van der Waals surface area contributed by atoms with Gasteiger partial charge in [0.1, 0.15) is 5.84 Å². The molecular weight excluding hydrogens is 452 g/mol. The number of amidine groups is 1. The molecule has 2 aromatic carbocycles. The molecule has 1 unspecified atom stereocenters. The van der Waals surface area contributed by atoms with E-state index in [1.807, 2.05) is 0 Å². The fourth-order valence-electron chi connectivity index (χ4n) is 3.52. The molecule has 1 saturated heterocycles. The van der Waals surface area contributed by atoms with Crippen molar-refractivity contribution >= 4 is 44.9 Å². The van der Waals surface area contributed by atoms with Gasteiger partial charge in [-0.05, 0) is 48.0 Å². The van der Waals surface area contributed by atoms with Crippen LogP contribution in [0.4, 0.5) is 17.1 Å². The van der Waals surface area contributed by atoms with Crippen LogP contribution in [0.15, 0.2) is 42.5 Å². The Bertz CT molecular complexity index is 1220. The summed E-state index contributed by atoms with van der Waals surface area (Å²) in [4.78, 5) is 26.9. The molecule has 2 aliphatic rings. The number of fused-ring (bicyclic) bond motifs is 1. The maximum absolute atomic E-state index is 13.0. The predicted octanol–water partition coefficient (Wildman–Crippen LogP) is -0.538. The molecular formula is C20H22N6O6S. The molecule has 2 amide bonds. The zero-order valence-corrected chi connectivity index (χ0v) is 18.1. The fraction of sp³-hybridized carbons (Fsp3) is 0.250. The molecule has 0 aromatic heterocycles. The molecule has 2 atom stereocenters. The minimum atomic E-state index is -3.60. The Morgan fingerprint density at radius 3 is 2.70 bits per heavy atom. The Morgan fingerprint density at radius 2 is 2.00 bits per heavy atom. The summed E-state index contributed by atoms with van der Waals surface area (Å²) in [7, 11) is -3.60. The van der Waals surface area contributed by atoms with E-state index >= 15 is 0 Å². The van der Waals surface area contributed by atoms with Crippen LogP contribution < -0.4 is 25.4 Å². The smallest absolute Gasteiger partial charge is 0.299 e. The van der Waals surface area contributed by atoms with E-state index in [-0.39, 0.29) is 25.5 Å². The number of amides is 2. The summed E-state index contributed by atoms with van der Waals surface area (Å²) in [5.41, 5.74) is 7.77. The van der Waals surface area contributed by atoms with Gasteiger partial charge in [0.2, 0.25) is 0 Å². The lowest BCUT2D eigenvalue weighted by molar-refractivity contribution is -0.150. The normalized spacial score (nSPS) is 20.3. The van der Waals surface area contributed by atoms with Gasteiger partial charge in [0.25, 0.3) is 22.0 Å². The third-order valence-corrected chi connectivity index (χ3v) is 6.25. The monoisotopic (exact) mass is 474 g/mol. The molecule has 0 spiro atoms. The number of morpholine rings is 1. The molecule has 0 saturated carbocycles. The van der Waals surface area contributed by atoms with E-state index in [0.29, 0.717) is 28.2 Å². The van der Waals surface area contributed by atoms with Crippen LogP contribution in [0, 0.1) is 5.41 Å².